The van der Waals surface area contributed by atoms with E-state index in [4.69, 9.17) is 9.47 Å². The SMILES string of the molecule is CC[C@H](C)[C@@H]([C@@H](CC(=O)N1CCC[C@H]1[C@H](OC)[C@@H](C)C(=O)C[C@@H](Cc1ccccc1)C(=O)O)OC)N(C)C(=O)[C@@H](NC(=O)[C@H](C(C)C)N(C)C(=O)CNC)C(C)C. The Morgan fingerprint density at radius 2 is 1.54 bits per heavy atom. The van der Waals surface area contributed by atoms with Gasteiger partial charge in [0.05, 0.1) is 43.2 Å². The number of hydrogen-bond acceptors (Lipinski definition) is 9. The molecule has 1 fully saturated rings. The summed E-state index contributed by atoms with van der Waals surface area (Å²) in [6, 6.07) is 6.57. The van der Waals surface area contributed by atoms with Crippen LogP contribution < -0.4 is 10.6 Å². The lowest BCUT2D eigenvalue weighted by molar-refractivity contribution is -0.149. The number of likely N-dealkylation sites (N-methyl/N-ethyl adjacent to an activating group) is 3. The Labute approximate surface area is 340 Å². The maximum atomic E-state index is 14.4. The fourth-order valence-electron chi connectivity index (χ4n) is 8.24. The third kappa shape index (κ3) is 13.3. The molecule has 1 aliphatic heterocycles. The van der Waals surface area contributed by atoms with Crippen LogP contribution >= 0.6 is 0 Å². The summed E-state index contributed by atoms with van der Waals surface area (Å²) in [5.41, 5.74) is 0.836. The highest BCUT2D eigenvalue weighted by Crippen LogP contribution is 2.31. The van der Waals surface area contributed by atoms with Gasteiger partial charge in [-0.2, -0.15) is 0 Å². The number of hydrogen-bond donors (Lipinski definition) is 3. The predicted molar refractivity (Wildman–Crippen MR) is 219 cm³/mol. The highest BCUT2D eigenvalue weighted by molar-refractivity contribution is 5.93. The van der Waals surface area contributed by atoms with E-state index in [0.717, 1.165) is 5.56 Å². The van der Waals surface area contributed by atoms with E-state index in [9.17, 15) is 33.9 Å². The van der Waals surface area contributed by atoms with Crippen molar-refractivity contribution < 1.29 is 43.3 Å². The molecule has 0 aromatic heterocycles. The van der Waals surface area contributed by atoms with Gasteiger partial charge in [0.1, 0.15) is 17.9 Å². The number of ether oxygens (including phenoxy) is 2. The lowest BCUT2D eigenvalue weighted by Crippen LogP contribution is -2.60. The normalized spacial score (nSPS) is 18.6. The van der Waals surface area contributed by atoms with E-state index in [0.29, 0.717) is 25.8 Å². The Morgan fingerprint density at radius 1 is 0.912 bits per heavy atom. The summed E-state index contributed by atoms with van der Waals surface area (Å²) in [6.45, 7) is 13.7. The van der Waals surface area contributed by atoms with Crippen molar-refractivity contribution in [1.82, 2.24) is 25.3 Å². The second-order valence-corrected chi connectivity index (χ2v) is 16.4. The van der Waals surface area contributed by atoms with Crippen LogP contribution in [-0.4, -0.2) is 140 Å². The molecule has 3 N–H and O–H groups in total. The summed E-state index contributed by atoms with van der Waals surface area (Å²) in [5.74, 6) is -4.64. The number of benzene rings is 1. The summed E-state index contributed by atoms with van der Waals surface area (Å²) in [4.78, 5) is 85.6. The summed E-state index contributed by atoms with van der Waals surface area (Å²) in [6.07, 6.45) is 0.683. The number of carbonyl (C=O) groups excluding carboxylic acids is 5. The second kappa shape index (κ2) is 23.5. The fraction of sp³-hybridized carbons (Fsp3) is 0.721. The number of carboxylic acids is 1. The average Bonchev–Trinajstić information content (AvgIpc) is 3.66. The zero-order valence-corrected chi connectivity index (χ0v) is 36.4. The first kappa shape index (κ1) is 49.3. The van der Waals surface area contributed by atoms with E-state index in [1.165, 1.54) is 19.1 Å². The molecular formula is C43H71N5O9. The Morgan fingerprint density at radius 3 is 2.05 bits per heavy atom. The number of carbonyl (C=O) groups is 6. The molecule has 0 radical (unpaired) electrons. The van der Waals surface area contributed by atoms with Crippen molar-refractivity contribution in [3.63, 3.8) is 0 Å². The molecule has 1 aromatic carbocycles. The maximum absolute atomic E-state index is 14.4. The van der Waals surface area contributed by atoms with Gasteiger partial charge >= 0.3 is 5.97 Å². The highest BCUT2D eigenvalue weighted by atomic mass is 16.5. The van der Waals surface area contributed by atoms with E-state index in [1.54, 1.807) is 37.9 Å². The molecule has 1 aromatic rings. The minimum absolute atomic E-state index is 0.0386. The van der Waals surface area contributed by atoms with Crippen molar-refractivity contribution in [1.29, 1.82) is 0 Å². The van der Waals surface area contributed by atoms with Crippen LogP contribution in [0.15, 0.2) is 30.3 Å². The van der Waals surface area contributed by atoms with Crippen molar-refractivity contribution in [2.45, 2.75) is 123 Å². The van der Waals surface area contributed by atoms with Crippen LogP contribution in [0.1, 0.15) is 86.1 Å². The predicted octanol–water partition coefficient (Wildman–Crippen LogP) is 3.65. The number of methoxy groups -OCH3 is 2. The summed E-state index contributed by atoms with van der Waals surface area (Å²) < 4.78 is 11.9. The van der Waals surface area contributed by atoms with Gasteiger partial charge in [-0.1, -0.05) is 85.2 Å². The van der Waals surface area contributed by atoms with Gasteiger partial charge in [-0.25, -0.2) is 0 Å². The number of amides is 4. The summed E-state index contributed by atoms with van der Waals surface area (Å²) in [5, 5.41) is 15.7. The Bertz CT molecular complexity index is 1470. The zero-order chi connectivity index (χ0) is 43.1. The van der Waals surface area contributed by atoms with Gasteiger partial charge in [0.2, 0.25) is 23.6 Å². The fourth-order valence-corrected chi connectivity index (χ4v) is 8.24. The van der Waals surface area contributed by atoms with Gasteiger partial charge in [-0.3, -0.25) is 28.8 Å². The van der Waals surface area contributed by atoms with Gasteiger partial charge < -0.3 is 39.9 Å². The molecule has 14 heteroatoms. The molecule has 0 saturated carbocycles. The van der Waals surface area contributed by atoms with Gasteiger partial charge in [-0.15, -0.1) is 0 Å². The minimum Gasteiger partial charge on any atom is -0.481 e. The first-order valence-corrected chi connectivity index (χ1v) is 20.5. The first-order valence-electron chi connectivity index (χ1n) is 20.5. The molecule has 1 heterocycles. The number of aliphatic carboxylic acids is 1. The van der Waals surface area contributed by atoms with Gasteiger partial charge in [0, 0.05) is 47.2 Å². The Hall–Kier alpha value is -3.88. The standard InChI is InChI=1S/C43H71N5O9/c1-13-28(6)39(47(10)42(53)37(26(2)3)45-41(52)38(27(4)5)46(9)36(51)25-44-8)34(56-11)24-35(50)48-21-17-20-32(48)40(57-12)29(7)33(49)23-31(43(54)55)22-30-18-15-14-16-19-30/h14-16,18-19,26-29,31-32,34,37-40,44H,13,17,20-25H2,1-12H3,(H,45,52)(H,54,55)/t28-,29-,31+,32-,34+,37-,38-,39-,40+/m0/s1. The molecule has 9 atom stereocenters. The third-order valence-electron chi connectivity index (χ3n) is 11.7. The van der Waals surface area contributed by atoms with Crippen LogP contribution in [0.5, 0.6) is 0 Å². The van der Waals surface area contributed by atoms with Crippen molar-refractivity contribution in [3.8, 4) is 0 Å². The van der Waals surface area contributed by atoms with Crippen LogP contribution in [-0.2, 0) is 44.7 Å². The van der Waals surface area contributed by atoms with E-state index in [1.807, 2.05) is 71.9 Å². The molecule has 2 rings (SSSR count). The van der Waals surface area contributed by atoms with E-state index >= 15 is 0 Å². The zero-order valence-electron chi connectivity index (χ0n) is 36.4. The van der Waals surface area contributed by atoms with Crippen molar-refractivity contribution in [2.75, 3.05) is 48.5 Å². The topological polar surface area (TPSA) is 175 Å². The molecule has 4 amide bonds. The van der Waals surface area contributed by atoms with Crippen molar-refractivity contribution >= 4 is 35.4 Å². The lowest BCUT2D eigenvalue weighted by Gasteiger charge is -2.41. The molecule has 0 spiro atoms. The monoisotopic (exact) mass is 802 g/mol. The molecule has 14 nitrogen and oxygen atoms in total. The van der Waals surface area contributed by atoms with Crippen molar-refractivity contribution in [2.24, 2.45) is 29.6 Å². The quantitative estimate of drug-likeness (QED) is 0.140. The number of Topliss-reactive ketones (excluding diaryl/α,β-unsaturated/α-hetero) is 1. The first-order chi connectivity index (χ1) is 26.9. The van der Waals surface area contributed by atoms with E-state index in [-0.39, 0.29) is 67.1 Å². The number of carboxylic acid groups (broad SMARTS) is 1. The van der Waals surface area contributed by atoms with Crippen LogP contribution in [0.4, 0.5) is 0 Å². The molecular weight excluding hydrogens is 730 g/mol. The van der Waals surface area contributed by atoms with Crippen LogP contribution in [0.25, 0.3) is 0 Å². The summed E-state index contributed by atoms with van der Waals surface area (Å²) in [7, 11) is 7.95. The van der Waals surface area contributed by atoms with Gasteiger partial charge in [-0.05, 0) is 49.6 Å². The minimum atomic E-state index is -1.04. The average molecular weight is 802 g/mol. The number of rotatable bonds is 24. The van der Waals surface area contributed by atoms with Gasteiger partial charge in [0.15, 0.2) is 0 Å². The van der Waals surface area contributed by atoms with Crippen LogP contribution in [0.2, 0.25) is 0 Å². The third-order valence-corrected chi connectivity index (χ3v) is 11.7. The summed E-state index contributed by atoms with van der Waals surface area (Å²) >= 11 is 0. The van der Waals surface area contributed by atoms with E-state index < -0.39 is 60.1 Å². The molecule has 0 unspecified atom stereocenters. The highest BCUT2D eigenvalue weighted by Gasteiger charge is 2.43. The smallest absolute Gasteiger partial charge is 0.307 e. The van der Waals surface area contributed by atoms with E-state index in [2.05, 4.69) is 10.6 Å². The molecule has 1 aliphatic rings. The maximum Gasteiger partial charge on any atom is 0.307 e. The molecule has 1 saturated heterocycles. The second-order valence-electron chi connectivity index (χ2n) is 16.4. The van der Waals surface area contributed by atoms with Crippen molar-refractivity contribution in [3.05, 3.63) is 35.9 Å². The Balaban J connectivity index is 2.29. The number of ketones is 1. The van der Waals surface area contributed by atoms with Crippen LogP contribution in [0.3, 0.4) is 0 Å². The number of nitrogens with one attached hydrogen (secondary N) is 2. The molecule has 0 bridgehead atoms. The molecule has 322 valence electrons. The molecule has 0 aliphatic carbocycles. The number of likely N-dealkylation sites (tertiary alicyclic amines) is 1. The van der Waals surface area contributed by atoms with Crippen LogP contribution in [0, 0.1) is 29.6 Å². The molecule has 57 heavy (non-hydrogen) atoms. The lowest BCUT2D eigenvalue weighted by atomic mass is 9.85. The number of nitrogens with zero attached hydrogens (tertiary/aromatic N) is 3. The van der Waals surface area contributed by atoms with Gasteiger partial charge in [0.25, 0.3) is 0 Å². The largest absolute Gasteiger partial charge is 0.481 e. The Kier molecular flexibility index (Phi) is 20.3.